The molecule has 1 aliphatic rings. The van der Waals surface area contributed by atoms with Crippen molar-refractivity contribution < 1.29 is 19.5 Å². The lowest BCUT2D eigenvalue weighted by Gasteiger charge is -2.33. The van der Waals surface area contributed by atoms with Crippen LogP contribution >= 0.6 is 0 Å². The van der Waals surface area contributed by atoms with Crippen LogP contribution in [0.5, 0.6) is 0 Å². The van der Waals surface area contributed by atoms with Crippen LogP contribution in [0.1, 0.15) is 77.7 Å². The quantitative estimate of drug-likeness (QED) is 0.521. The molecule has 0 radical (unpaired) electrons. The Morgan fingerprint density at radius 1 is 1.03 bits per heavy atom. The van der Waals surface area contributed by atoms with Gasteiger partial charge in [-0.15, -0.1) is 0 Å². The number of carboxylic acids is 1. The largest absolute Gasteiger partial charge is 0.481 e. The van der Waals surface area contributed by atoms with Gasteiger partial charge in [0.2, 0.25) is 11.8 Å². The van der Waals surface area contributed by atoms with Crippen molar-refractivity contribution in [1.29, 1.82) is 0 Å². The number of carboxylic acid groups (broad SMARTS) is 1. The number of carbonyl (C=O) groups excluding carboxylic acids is 2. The third-order valence-corrected chi connectivity index (χ3v) is 6.02. The predicted molar refractivity (Wildman–Crippen MR) is 122 cm³/mol. The normalized spacial score (nSPS) is 16.9. The summed E-state index contributed by atoms with van der Waals surface area (Å²) in [7, 11) is 0. The first-order valence-corrected chi connectivity index (χ1v) is 11.5. The number of nitrogens with one attached hydrogen (secondary N) is 2. The summed E-state index contributed by atoms with van der Waals surface area (Å²) >= 11 is 0. The number of hydrogen-bond donors (Lipinski definition) is 3. The molecule has 31 heavy (non-hydrogen) atoms. The molecule has 1 aliphatic carbocycles. The third kappa shape index (κ3) is 8.72. The molecule has 2 atom stereocenters. The van der Waals surface area contributed by atoms with Crippen LogP contribution in [0.4, 0.5) is 0 Å². The Hall–Kier alpha value is -2.37. The van der Waals surface area contributed by atoms with Crippen molar-refractivity contribution in [3.05, 3.63) is 35.9 Å². The number of rotatable bonds is 10. The highest BCUT2D eigenvalue weighted by Crippen LogP contribution is 2.23. The van der Waals surface area contributed by atoms with Crippen molar-refractivity contribution in [2.75, 3.05) is 0 Å². The fraction of sp³-hybridized carbons (Fsp3) is 0.640. The van der Waals surface area contributed by atoms with Crippen LogP contribution in [0.15, 0.2) is 30.3 Å². The lowest BCUT2D eigenvalue weighted by molar-refractivity contribution is -0.142. The number of benzene rings is 1. The molecule has 1 aromatic rings. The number of aryl methyl sites for hydroxylation is 1. The van der Waals surface area contributed by atoms with E-state index in [2.05, 4.69) is 10.6 Å². The summed E-state index contributed by atoms with van der Waals surface area (Å²) < 4.78 is 0. The van der Waals surface area contributed by atoms with E-state index in [0.717, 1.165) is 37.7 Å². The summed E-state index contributed by atoms with van der Waals surface area (Å²) in [5.41, 5.74) is 0.683. The van der Waals surface area contributed by atoms with Crippen molar-refractivity contribution in [2.24, 2.45) is 11.3 Å². The van der Waals surface area contributed by atoms with Gasteiger partial charge in [0.1, 0.15) is 6.04 Å². The topological polar surface area (TPSA) is 95.5 Å². The number of aliphatic carboxylic acids is 1. The first-order chi connectivity index (χ1) is 14.7. The van der Waals surface area contributed by atoms with Crippen LogP contribution in [0, 0.1) is 11.3 Å². The number of hydrogen-bond acceptors (Lipinski definition) is 3. The van der Waals surface area contributed by atoms with Gasteiger partial charge in [0.15, 0.2) is 0 Å². The van der Waals surface area contributed by atoms with E-state index < -0.39 is 23.3 Å². The second-order valence-electron chi connectivity index (χ2n) is 9.82. The summed E-state index contributed by atoms with van der Waals surface area (Å²) in [5.74, 6) is -2.19. The highest BCUT2D eigenvalue weighted by Gasteiger charge is 2.35. The molecule has 3 N–H and O–H groups in total. The van der Waals surface area contributed by atoms with Gasteiger partial charge in [-0.1, -0.05) is 70.4 Å². The summed E-state index contributed by atoms with van der Waals surface area (Å²) in [6, 6.07) is 9.39. The average Bonchev–Trinajstić information content (AvgIpc) is 2.71. The highest BCUT2D eigenvalue weighted by atomic mass is 16.4. The minimum Gasteiger partial charge on any atom is -0.481 e. The SMILES string of the molecule is CC(C)(C)C(NC(=O)C(CCCc1ccccc1)CC(=O)O)C(=O)NC1CCCCC1. The monoisotopic (exact) mass is 430 g/mol. The minimum atomic E-state index is -1.00. The lowest BCUT2D eigenvalue weighted by atomic mass is 9.84. The maximum atomic E-state index is 13.0. The zero-order valence-electron chi connectivity index (χ0n) is 19.2. The zero-order valence-corrected chi connectivity index (χ0v) is 19.2. The van der Waals surface area contributed by atoms with E-state index in [4.69, 9.17) is 0 Å². The third-order valence-electron chi connectivity index (χ3n) is 6.02. The van der Waals surface area contributed by atoms with Gasteiger partial charge in [0.25, 0.3) is 0 Å². The molecule has 0 bridgehead atoms. The molecule has 2 amide bonds. The lowest BCUT2D eigenvalue weighted by Crippen LogP contribution is -2.56. The molecule has 0 spiro atoms. The van der Waals surface area contributed by atoms with Crippen LogP contribution in [0.2, 0.25) is 0 Å². The van der Waals surface area contributed by atoms with E-state index in [1.54, 1.807) is 0 Å². The van der Waals surface area contributed by atoms with Crippen molar-refractivity contribution in [1.82, 2.24) is 10.6 Å². The van der Waals surface area contributed by atoms with Gasteiger partial charge in [0.05, 0.1) is 6.42 Å². The molecule has 6 nitrogen and oxygen atoms in total. The fourth-order valence-electron chi connectivity index (χ4n) is 4.20. The molecular weight excluding hydrogens is 392 g/mol. The van der Waals surface area contributed by atoms with E-state index in [1.165, 1.54) is 6.42 Å². The highest BCUT2D eigenvalue weighted by molar-refractivity contribution is 5.90. The van der Waals surface area contributed by atoms with E-state index in [1.807, 2.05) is 51.1 Å². The van der Waals surface area contributed by atoms with Crippen LogP contribution in [-0.4, -0.2) is 35.0 Å². The second-order valence-corrected chi connectivity index (χ2v) is 9.82. The first kappa shape index (κ1) is 24.9. The predicted octanol–water partition coefficient (Wildman–Crippen LogP) is 4.08. The van der Waals surface area contributed by atoms with E-state index in [9.17, 15) is 19.5 Å². The maximum absolute atomic E-state index is 13.0. The Morgan fingerprint density at radius 2 is 1.68 bits per heavy atom. The molecule has 2 unspecified atom stereocenters. The molecule has 0 saturated heterocycles. The Kier molecular flexibility index (Phi) is 9.53. The average molecular weight is 431 g/mol. The standard InChI is InChI=1S/C25H38N2O4/c1-25(2,3)22(24(31)26-20-15-8-5-9-16-20)27-23(30)19(17-21(28)29)14-10-13-18-11-6-4-7-12-18/h4,6-7,11-12,19-20,22H,5,8-10,13-17H2,1-3H3,(H,26,31)(H,27,30)(H,28,29). The molecular formula is C25H38N2O4. The Labute approximate surface area is 186 Å². The van der Waals surface area contributed by atoms with Gasteiger partial charge in [-0.3, -0.25) is 14.4 Å². The molecule has 0 heterocycles. The first-order valence-electron chi connectivity index (χ1n) is 11.5. The fourth-order valence-corrected chi connectivity index (χ4v) is 4.20. The molecule has 0 aliphatic heterocycles. The van der Waals surface area contributed by atoms with Crippen molar-refractivity contribution in [2.45, 2.75) is 90.6 Å². The van der Waals surface area contributed by atoms with Gasteiger partial charge in [-0.05, 0) is 43.1 Å². The summed E-state index contributed by atoms with van der Waals surface area (Å²) in [6.45, 7) is 5.75. The van der Waals surface area contributed by atoms with Crippen LogP contribution in [-0.2, 0) is 20.8 Å². The van der Waals surface area contributed by atoms with Crippen LogP contribution in [0.25, 0.3) is 0 Å². The molecule has 172 valence electrons. The van der Waals surface area contributed by atoms with Gasteiger partial charge < -0.3 is 15.7 Å². The van der Waals surface area contributed by atoms with Gasteiger partial charge in [0, 0.05) is 12.0 Å². The molecule has 1 saturated carbocycles. The van der Waals surface area contributed by atoms with Gasteiger partial charge >= 0.3 is 5.97 Å². The Morgan fingerprint density at radius 3 is 2.26 bits per heavy atom. The smallest absolute Gasteiger partial charge is 0.304 e. The molecule has 0 aromatic heterocycles. The van der Waals surface area contributed by atoms with Crippen LogP contribution in [0.3, 0.4) is 0 Å². The van der Waals surface area contributed by atoms with E-state index >= 15 is 0 Å². The molecule has 1 fully saturated rings. The summed E-state index contributed by atoms with van der Waals surface area (Å²) in [4.78, 5) is 37.4. The molecule has 2 rings (SSSR count). The second kappa shape index (κ2) is 11.9. The van der Waals surface area contributed by atoms with Crippen molar-refractivity contribution in [3.63, 3.8) is 0 Å². The Balaban J connectivity index is 2.00. The minimum absolute atomic E-state index is 0.156. The number of amides is 2. The Bertz CT molecular complexity index is 721. The van der Waals surface area contributed by atoms with Crippen molar-refractivity contribution in [3.8, 4) is 0 Å². The molecule has 1 aromatic carbocycles. The van der Waals surface area contributed by atoms with Gasteiger partial charge in [-0.2, -0.15) is 0 Å². The van der Waals surface area contributed by atoms with Crippen LogP contribution < -0.4 is 10.6 Å². The maximum Gasteiger partial charge on any atom is 0.304 e. The summed E-state index contributed by atoms with van der Waals surface area (Å²) in [5, 5.41) is 15.3. The van der Waals surface area contributed by atoms with Gasteiger partial charge in [-0.25, -0.2) is 0 Å². The van der Waals surface area contributed by atoms with E-state index in [-0.39, 0.29) is 24.3 Å². The molecule has 6 heteroatoms. The summed E-state index contributed by atoms with van der Waals surface area (Å²) in [6.07, 6.45) is 7.09. The van der Waals surface area contributed by atoms with Crippen molar-refractivity contribution >= 4 is 17.8 Å². The number of carbonyl (C=O) groups is 3. The zero-order chi connectivity index (χ0) is 22.9. The van der Waals surface area contributed by atoms with E-state index in [0.29, 0.717) is 12.8 Å².